The summed E-state index contributed by atoms with van der Waals surface area (Å²) in [6, 6.07) is 18.2. The average molecular weight is 434 g/mol. The summed E-state index contributed by atoms with van der Waals surface area (Å²) < 4.78 is 11.4. The molecule has 1 aliphatic heterocycles. The maximum Gasteiger partial charge on any atom is 0.233 e. The molecule has 0 radical (unpaired) electrons. The number of ether oxygens (including phenoxy) is 1. The highest BCUT2D eigenvalue weighted by molar-refractivity contribution is 5.79. The van der Waals surface area contributed by atoms with Crippen LogP contribution in [-0.2, 0) is 22.5 Å². The maximum atomic E-state index is 13.3. The van der Waals surface area contributed by atoms with Crippen LogP contribution in [0.5, 0.6) is 0 Å². The third kappa shape index (κ3) is 5.19. The zero-order valence-corrected chi connectivity index (χ0v) is 18.9. The summed E-state index contributed by atoms with van der Waals surface area (Å²) in [5.41, 5.74) is 4.97. The van der Waals surface area contributed by atoms with Crippen molar-refractivity contribution in [2.24, 2.45) is 0 Å². The summed E-state index contributed by atoms with van der Waals surface area (Å²) in [6.07, 6.45) is 1.28. The summed E-state index contributed by atoms with van der Waals surface area (Å²) in [6.45, 7) is 8.14. The van der Waals surface area contributed by atoms with Crippen molar-refractivity contribution in [1.82, 2.24) is 10.1 Å². The molecule has 168 valence electrons. The Bertz CT molecular complexity index is 1030. The summed E-state index contributed by atoms with van der Waals surface area (Å²) in [5, 5.41) is 4.46. The lowest BCUT2D eigenvalue weighted by molar-refractivity contribution is -0.131. The van der Waals surface area contributed by atoms with E-state index in [1.165, 1.54) is 0 Å². The molecule has 0 aliphatic carbocycles. The van der Waals surface area contributed by atoms with Crippen LogP contribution in [0.2, 0.25) is 0 Å². The van der Waals surface area contributed by atoms with Crippen LogP contribution in [0, 0.1) is 6.92 Å². The van der Waals surface area contributed by atoms with Gasteiger partial charge in [0.15, 0.2) is 0 Å². The number of hydrogen-bond acceptors (Lipinski definition) is 5. The Morgan fingerprint density at radius 2 is 1.88 bits per heavy atom. The minimum atomic E-state index is 0.113. The first-order chi connectivity index (χ1) is 15.7. The summed E-state index contributed by atoms with van der Waals surface area (Å²) in [7, 11) is 0. The average Bonchev–Trinajstić information content (AvgIpc) is 3.23. The SMILES string of the molecule is CCCN(Cc1c(-c2cccc(C)c2)noc1N1CCOCC1)C(=O)Cc1ccccc1. The zero-order chi connectivity index (χ0) is 22.3. The fourth-order valence-corrected chi connectivity index (χ4v) is 4.11. The Kier molecular flexibility index (Phi) is 7.22. The number of amides is 1. The van der Waals surface area contributed by atoms with E-state index in [2.05, 4.69) is 36.0 Å². The lowest BCUT2D eigenvalue weighted by atomic mass is 10.0. The first-order valence-electron chi connectivity index (χ1n) is 11.4. The van der Waals surface area contributed by atoms with E-state index in [1.807, 2.05) is 47.4 Å². The van der Waals surface area contributed by atoms with Crippen molar-refractivity contribution >= 4 is 11.8 Å². The molecule has 2 aromatic carbocycles. The van der Waals surface area contributed by atoms with Crippen LogP contribution in [0.15, 0.2) is 59.1 Å². The van der Waals surface area contributed by atoms with Crippen molar-refractivity contribution < 1.29 is 14.1 Å². The number of morpholine rings is 1. The minimum absolute atomic E-state index is 0.113. The molecular weight excluding hydrogens is 402 g/mol. The molecule has 1 saturated heterocycles. The number of benzene rings is 2. The number of rotatable bonds is 8. The quantitative estimate of drug-likeness (QED) is 0.525. The fraction of sp³-hybridized carbons (Fsp3) is 0.385. The third-order valence-electron chi connectivity index (χ3n) is 5.75. The lowest BCUT2D eigenvalue weighted by Crippen LogP contribution is -2.37. The zero-order valence-electron chi connectivity index (χ0n) is 18.9. The van der Waals surface area contributed by atoms with Crippen LogP contribution < -0.4 is 4.90 Å². The molecule has 0 atom stereocenters. The van der Waals surface area contributed by atoms with Crippen molar-refractivity contribution in [1.29, 1.82) is 0 Å². The van der Waals surface area contributed by atoms with E-state index in [-0.39, 0.29) is 5.91 Å². The molecule has 3 aromatic rings. The molecule has 1 aromatic heterocycles. The Hall–Kier alpha value is -3.12. The van der Waals surface area contributed by atoms with Gasteiger partial charge < -0.3 is 19.1 Å². The van der Waals surface area contributed by atoms with Gasteiger partial charge in [-0.1, -0.05) is 66.2 Å². The summed E-state index contributed by atoms with van der Waals surface area (Å²) in [4.78, 5) is 17.4. The smallest absolute Gasteiger partial charge is 0.233 e. The van der Waals surface area contributed by atoms with E-state index in [0.717, 1.165) is 53.3 Å². The molecule has 6 nitrogen and oxygen atoms in total. The van der Waals surface area contributed by atoms with Gasteiger partial charge in [-0.05, 0) is 25.0 Å². The molecule has 4 rings (SSSR count). The topological polar surface area (TPSA) is 58.8 Å². The molecule has 2 heterocycles. The van der Waals surface area contributed by atoms with Gasteiger partial charge in [0.1, 0.15) is 5.69 Å². The minimum Gasteiger partial charge on any atom is -0.378 e. The molecule has 1 aliphatic rings. The van der Waals surface area contributed by atoms with Crippen LogP contribution in [0.1, 0.15) is 30.0 Å². The van der Waals surface area contributed by atoms with E-state index in [4.69, 9.17) is 9.26 Å². The van der Waals surface area contributed by atoms with E-state index in [0.29, 0.717) is 32.7 Å². The molecule has 1 amide bonds. The Balaban J connectivity index is 1.66. The van der Waals surface area contributed by atoms with Crippen LogP contribution in [0.25, 0.3) is 11.3 Å². The second-order valence-corrected chi connectivity index (χ2v) is 8.26. The molecule has 6 heteroatoms. The van der Waals surface area contributed by atoms with Crippen LogP contribution in [0.4, 0.5) is 5.88 Å². The van der Waals surface area contributed by atoms with Crippen molar-refractivity contribution in [2.45, 2.75) is 33.2 Å². The van der Waals surface area contributed by atoms with Gasteiger partial charge in [0.2, 0.25) is 11.8 Å². The highest BCUT2D eigenvalue weighted by atomic mass is 16.5. The number of aromatic nitrogens is 1. The molecule has 32 heavy (non-hydrogen) atoms. The fourth-order valence-electron chi connectivity index (χ4n) is 4.11. The van der Waals surface area contributed by atoms with Crippen LogP contribution in [0.3, 0.4) is 0 Å². The predicted molar refractivity (Wildman–Crippen MR) is 126 cm³/mol. The number of hydrogen-bond donors (Lipinski definition) is 0. The molecule has 0 unspecified atom stereocenters. The largest absolute Gasteiger partial charge is 0.378 e. The number of anilines is 1. The highest BCUT2D eigenvalue weighted by Crippen LogP contribution is 2.33. The van der Waals surface area contributed by atoms with Gasteiger partial charge in [0, 0.05) is 25.2 Å². The van der Waals surface area contributed by atoms with Gasteiger partial charge in [0.05, 0.1) is 31.7 Å². The van der Waals surface area contributed by atoms with Crippen molar-refractivity contribution in [3.63, 3.8) is 0 Å². The number of aryl methyl sites for hydroxylation is 1. The van der Waals surface area contributed by atoms with E-state index >= 15 is 0 Å². The van der Waals surface area contributed by atoms with Gasteiger partial charge >= 0.3 is 0 Å². The third-order valence-corrected chi connectivity index (χ3v) is 5.75. The van der Waals surface area contributed by atoms with E-state index < -0.39 is 0 Å². The van der Waals surface area contributed by atoms with E-state index in [9.17, 15) is 4.79 Å². The Labute approximate surface area is 189 Å². The molecule has 0 N–H and O–H groups in total. The standard InChI is InChI=1S/C26H31N3O3/c1-3-12-29(24(30)18-21-9-5-4-6-10-21)19-23-25(22-11-7-8-20(2)17-22)27-32-26(23)28-13-15-31-16-14-28/h4-11,17H,3,12-16,18-19H2,1-2H3. The molecule has 1 fully saturated rings. The molecule has 0 bridgehead atoms. The van der Waals surface area contributed by atoms with Gasteiger partial charge in [-0.25, -0.2) is 0 Å². The monoisotopic (exact) mass is 433 g/mol. The second-order valence-electron chi connectivity index (χ2n) is 8.26. The molecular formula is C26H31N3O3. The van der Waals surface area contributed by atoms with E-state index in [1.54, 1.807) is 0 Å². The molecule has 0 spiro atoms. The number of nitrogens with zero attached hydrogens (tertiary/aromatic N) is 3. The second kappa shape index (κ2) is 10.5. The number of carbonyl (C=O) groups excluding carboxylic acids is 1. The molecule has 0 saturated carbocycles. The first-order valence-corrected chi connectivity index (χ1v) is 11.4. The Morgan fingerprint density at radius 1 is 1.09 bits per heavy atom. The van der Waals surface area contributed by atoms with Crippen molar-refractivity contribution in [3.05, 3.63) is 71.3 Å². The van der Waals surface area contributed by atoms with Gasteiger partial charge in [-0.2, -0.15) is 0 Å². The van der Waals surface area contributed by atoms with Gasteiger partial charge in [0.25, 0.3) is 0 Å². The lowest BCUT2D eigenvalue weighted by Gasteiger charge is -2.28. The maximum absolute atomic E-state index is 13.3. The highest BCUT2D eigenvalue weighted by Gasteiger charge is 2.27. The van der Waals surface area contributed by atoms with Crippen LogP contribution in [-0.4, -0.2) is 48.8 Å². The summed E-state index contributed by atoms with van der Waals surface area (Å²) in [5.74, 6) is 0.862. The van der Waals surface area contributed by atoms with Crippen molar-refractivity contribution in [3.8, 4) is 11.3 Å². The van der Waals surface area contributed by atoms with Crippen LogP contribution >= 0.6 is 0 Å². The van der Waals surface area contributed by atoms with Gasteiger partial charge in [-0.15, -0.1) is 0 Å². The predicted octanol–water partition coefficient (Wildman–Crippen LogP) is 4.47. The number of carbonyl (C=O) groups is 1. The normalized spacial score (nSPS) is 13.9. The first kappa shape index (κ1) is 22.1. The summed E-state index contributed by atoms with van der Waals surface area (Å²) >= 11 is 0. The Morgan fingerprint density at radius 3 is 2.59 bits per heavy atom. The van der Waals surface area contributed by atoms with Gasteiger partial charge in [-0.3, -0.25) is 4.79 Å². The van der Waals surface area contributed by atoms with Crippen molar-refractivity contribution in [2.75, 3.05) is 37.7 Å².